The van der Waals surface area contributed by atoms with Gasteiger partial charge in [-0.2, -0.15) is 0 Å². The maximum absolute atomic E-state index is 5.95. The lowest BCUT2D eigenvalue weighted by atomic mass is 9.65. The Morgan fingerprint density at radius 3 is 2.55 bits per heavy atom. The number of hydrogen-bond donors (Lipinski definition) is 1. The monoisotopic (exact) mass is 313 g/mol. The van der Waals surface area contributed by atoms with Gasteiger partial charge in [-0.15, -0.1) is 11.3 Å². The third-order valence-electron chi connectivity index (χ3n) is 4.64. The molecule has 1 aliphatic rings. The first kappa shape index (κ1) is 15.6. The molecule has 112 valence electrons. The first-order valence-electron chi connectivity index (χ1n) is 7.00. The summed E-state index contributed by atoms with van der Waals surface area (Å²) >= 11 is 7.59. The summed E-state index contributed by atoms with van der Waals surface area (Å²) in [5, 5.41) is 3.46. The molecule has 20 heavy (non-hydrogen) atoms. The number of thiophene rings is 1. The minimum absolute atomic E-state index is 0.140. The fourth-order valence-electron chi connectivity index (χ4n) is 2.48. The summed E-state index contributed by atoms with van der Waals surface area (Å²) in [6, 6.07) is 4.05. The molecular formula is C15H24ClN3S. The predicted molar refractivity (Wildman–Crippen MR) is 89.0 cm³/mol. The molecule has 0 bridgehead atoms. The molecule has 1 aromatic rings. The van der Waals surface area contributed by atoms with E-state index in [4.69, 9.17) is 11.6 Å². The van der Waals surface area contributed by atoms with Crippen molar-refractivity contribution in [3.8, 4) is 0 Å². The summed E-state index contributed by atoms with van der Waals surface area (Å²) < 4.78 is 0.856. The summed E-state index contributed by atoms with van der Waals surface area (Å²) in [4.78, 5) is 8.08. The van der Waals surface area contributed by atoms with Crippen LogP contribution in [0.5, 0.6) is 0 Å². The molecule has 2 heterocycles. The van der Waals surface area contributed by atoms with E-state index in [2.05, 4.69) is 49.0 Å². The number of nitrogens with zero attached hydrogens (tertiary/aromatic N) is 2. The predicted octanol–water partition coefficient (Wildman–Crippen LogP) is 3.64. The number of guanidine groups is 1. The van der Waals surface area contributed by atoms with Crippen molar-refractivity contribution >= 4 is 28.9 Å². The van der Waals surface area contributed by atoms with Crippen LogP contribution in [0.1, 0.15) is 32.6 Å². The minimum Gasteiger partial charge on any atom is -0.356 e. The number of hydrogen-bond acceptors (Lipinski definition) is 2. The molecule has 0 atom stereocenters. The molecular weight excluding hydrogens is 290 g/mol. The molecule has 0 radical (unpaired) electrons. The van der Waals surface area contributed by atoms with Gasteiger partial charge in [-0.25, -0.2) is 0 Å². The van der Waals surface area contributed by atoms with Crippen molar-refractivity contribution in [1.29, 1.82) is 0 Å². The Balaban J connectivity index is 1.88. The minimum atomic E-state index is 0.140. The van der Waals surface area contributed by atoms with E-state index in [-0.39, 0.29) is 5.54 Å². The van der Waals surface area contributed by atoms with E-state index in [1.165, 1.54) is 4.88 Å². The molecule has 0 unspecified atom stereocenters. The number of likely N-dealkylation sites (tertiary alicyclic amines) is 1. The fourth-order valence-corrected chi connectivity index (χ4v) is 3.57. The van der Waals surface area contributed by atoms with Crippen LogP contribution >= 0.6 is 22.9 Å². The summed E-state index contributed by atoms with van der Waals surface area (Å²) in [5.74, 6) is 0.997. The van der Waals surface area contributed by atoms with Gasteiger partial charge in [0.2, 0.25) is 0 Å². The van der Waals surface area contributed by atoms with Crippen molar-refractivity contribution in [3.63, 3.8) is 0 Å². The van der Waals surface area contributed by atoms with Gasteiger partial charge in [-0.05, 0) is 32.4 Å². The standard InChI is InChI=1S/C15H24ClN3S/c1-14(2)10-19(15(14,3)4)13(17-5)18-9-8-11-6-7-12(16)20-11/h6-7H,8-10H2,1-5H3,(H,17,18). The molecule has 0 aromatic carbocycles. The Morgan fingerprint density at radius 1 is 1.40 bits per heavy atom. The van der Waals surface area contributed by atoms with Gasteiger partial charge in [0, 0.05) is 36.0 Å². The van der Waals surface area contributed by atoms with Crippen LogP contribution in [0.2, 0.25) is 4.34 Å². The van der Waals surface area contributed by atoms with Crippen LogP contribution < -0.4 is 5.32 Å². The second-order valence-corrected chi connectivity index (χ2v) is 8.26. The van der Waals surface area contributed by atoms with Crippen molar-refractivity contribution in [2.45, 2.75) is 39.7 Å². The Labute approximate surface area is 131 Å². The van der Waals surface area contributed by atoms with Crippen molar-refractivity contribution < 1.29 is 0 Å². The summed E-state index contributed by atoms with van der Waals surface area (Å²) in [6.07, 6.45) is 0.980. The van der Waals surface area contributed by atoms with Crippen molar-refractivity contribution in [2.75, 3.05) is 20.1 Å². The molecule has 2 rings (SSSR count). The highest BCUT2D eigenvalue weighted by atomic mass is 35.5. The number of halogens is 1. The SMILES string of the molecule is CN=C(NCCc1ccc(Cl)s1)N1CC(C)(C)C1(C)C. The Bertz CT molecular complexity index is 505. The third kappa shape index (κ3) is 2.82. The molecule has 1 aromatic heterocycles. The molecule has 5 heteroatoms. The van der Waals surface area contributed by atoms with E-state index in [9.17, 15) is 0 Å². The first-order valence-corrected chi connectivity index (χ1v) is 8.20. The molecule has 1 fully saturated rings. The Hall–Kier alpha value is -0.740. The van der Waals surface area contributed by atoms with Crippen LogP contribution in [0.15, 0.2) is 17.1 Å². The maximum atomic E-state index is 5.95. The van der Waals surface area contributed by atoms with E-state index in [1.807, 2.05) is 13.1 Å². The smallest absolute Gasteiger partial charge is 0.194 e. The van der Waals surface area contributed by atoms with Crippen LogP contribution in [0.3, 0.4) is 0 Å². The highest BCUT2D eigenvalue weighted by Crippen LogP contribution is 2.46. The lowest BCUT2D eigenvalue weighted by molar-refractivity contribution is -0.0666. The van der Waals surface area contributed by atoms with Crippen molar-refractivity contribution in [3.05, 3.63) is 21.3 Å². The fraction of sp³-hybridized carbons (Fsp3) is 0.667. The first-order chi connectivity index (χ1) is 9.28. The lowest BCUT2D eigenvalue weighted by Crippen LogP contribution is -2.72. The van der Waals surface area contributed by atoms with Crippen LogP contribution in [0.25, 0.3) is 0 Å². The highest BCUT2D eigenvalue weighted by molar-refractivity contribution is 7.16. The van der Waals surface area contributed by atoms with E-state index in [1.54, 1.807) is 11.3 Å². The summed E-state index contributed by atoms with van der Waals surface area (Å²) in [5.41, 5.74) is 0.465. The van der Waals surface area contributed by atoms with Gasteiger partial charge in [-0.1, -0.05) is 25.4 Å². The molecule has 1 saturated heterocycles. The zero-order valence-corrected chi connectivity index (χ0v) is 14.5. The zero-order valence-electron chi connectivity index (χ0n) is 13.0. The van der Waals surface area contributed by atoms with Crippen LogP contribution in [0.4, 0.5) is 0 Å². The normalized spacial score (nSPS) is 20.7. The average Bonchev–Trinajstić information content (AvgIpc) is 2.78. The van der Waals surface area contributed by atoms with Crippen LogP contribution in [-0.4, -0.2) is 36.5 Å². The largest absolute Gasteiger partial charge is 0.356 e. The number of rotatable bonds is 3. The summed E-state index contributed by atoms with van der Waals surface area (Å²) in [6.45, 7) is 11.1. The van der Waals surface area contributed by atoms with Gasteiger partial charge in [0.25, 0.3) is 0 Å². The highest BCUT2D eigenvalue weighted by Gasteiger charge is 2.53. The number of nitrogens with one attached hydrogen (secondary N) is 1. The van der Waals surface area contributed by atoms with Gasteiger partial charge in [0.15, 0.2) is 5.96 Å². The molecule has 0 aliphatic carbocycles. The molecule has 0 saturated carbocycles. The van der Waals surface area contributed by atoms with Gasteiger partial charge in [-0.3, -0.25) is 4.99 Å². The lowest BCUT2D eigenvalue weighted by Gasteiger charge is -2.62. The molecule has 1 aliphatic heterocycles. The average molecular weight is 314 g/mol. The second-order valence-electron chi connectivity index (χ2n) is 6.46. The number of aliphatic imine (C=N–C) groups is 1. The maximum Gasteiger partial charge on any atom is 0.194 e. The molecule has 1 N–H and O–H groups in total. The van der Waals surface area contributed by atoms with E-state index >= 15 is 0 Å². The van der Waals surface area contributed by atoms with Gasteiger partial charge in [0.05, 0.1) is 4.34 Å². The topological polar surface area (TPSA) is 27.6 Å². The van der Waals surface area contributed by atoms with E-state index < -0.39 is 0 Å². The van der Waals surface area contributed by atoms with E-state index in [0.29, 0.717) is 5.41 Å². The van der Waals surface area contributed by atoms with Gasteiger partial charge >= 0.3 is 0 Å². The van der Waals surface area contributed by atoms with Gasteiger partial charge < -0.3 is 10.2 Å². The van der Waals surface area contributed by atoms with Gasteiger partial charge in [0.1, 0.15) is 0 Å². The Morgan fingerprint density at radius 2 is 2.10 bits per heavy atom. The molecule has 0 spiro atoms. The third-order valence-corrected chi connectivity index (χ3v) is 5.93. The summed E-state index contributed by atoms with van der Waals surface area (Å²) in [7, 11) is 1.85. The van der Waals surface area contributed by atoms with Crippen LogP contribution in [-0.2, 0) is 6.42 Å². The van der Waals surface area contributed by atoms with Crippen molar-refractivity contribution in [2.24, 2.45) is 10.4 Å². The van der Waals surface area contributed by atoms with Crippen molar-refractivity contribution in [1.82, 2.24) is 10.2 Å². The van der Waals surface area contributed by atoms with Crippen LogP contribution in [0, 0.1) is 5.41 Å². The Kier molecular flexibility index (Phi) is 4.35. The quantitative estimate of drug-likeness (QED) is 0.681. The molecule has 3 nitrogen and oxygen atoms in total. The molecule has 0 amide bonds. The zero-order chi connectivity index (χ0) is 15.0. The second kappa shape index (κ2) is 5.57. The van der Waals surface area contributed by atoms with E-state index in [0.717, 1.165) is 29.8 Å².